The molecule has 0 radical (unpaired) electrons. The summed E-state index contributed by atoms with van der Waals surface area (Å²) in [6.45, 7) is 3.92. The average Bonchev–Trinajstić information content (AvgIpc) is 2.41. The lowest BCUT2D eigenvalue weighted by Gasteiger charge is -2.36. The fourth-order valence-electron chi connectivity index (χ4n) is 2.66. The smallest absolute Gasteiger partial charge is 0.312 e. The molecule has 2 amide bonds. The van der Waals surface area contributed by atoms with Crippen LogP contribution in [0.4, 0.5) is 4.79 Å². The first kappa shape index (κ1) is 15.4. The number of nitrogens with one attached hydrogen (secondary N) is 1. The summed E-state index contributed by atoms with van der Waals surface area (Å²) in [7, 11) is 0. The maximum Gasteiger partial charge on any atom is 0.312 e. The van der Waals surface area contributed by atoms with Crippen molar-refractivity contribution in [1.29, 1.82) is 0 Å². The molecule has 4 nitrogen and oxygen atoms in total. The van der Waals surface area contributed by atoms with Crippen LogP contribution in [0.3, 0.4) is 0 Å². The van der Waals surface area contributed by atoms with E-state index < -0.39 is 6.03 Å². The fourth-order valence-corrected chi connectivity index (χ4v) is 3.12. The topological polar surface area (TPSA) is 58.4 Å². The molecule has 0 bridgehead atoms. The van der Waals surface area contributed by atoms with Gasteiger partial charge in [0.25, 0.3) is 0 Å². The molecular formula is C14H19Cl2N3O. The van der Waals surface area contributed by atoms with Crippen molar-refractivity contribution in [3.8, 4) is 0 Å². The van der Waals surface area contributed by atoms with Gasteiger partial charge in [0.15, 0.2) is 0 Å². The van der Waals surface area contributed by atoms with E-state index in [0.29, 0.717) is 5.02 Å². The van der Waals surface area contributed by atoms with Gasteiger partial charge in [-0.05, 0) is 43.5 Å². The third-order valence-corrected chi connectivity index (χ3v) is 4.41. The number of primary amides is 1. The molecule has 0 aliphatic carbocycles. The predicted molar refractivity (Wildman–Crippen MR) is 82.2 cm³/mol. The van der Waals surface area contributed by atoms with E-state index in [1.165, 1.54) is 0 Å². The first-order valence-electron chi connectivity index (χ1n) is 6.72. The number of likely N-dealkylation sites (tertiary alicyclic amines) is 1. The number of hydrogen-bond acceptors (Lipinski definition) is 2. The lowest BCUT2D eigenvalue weighted by atomic mass is 10.0. The van der Waals surface area contributed by atoms with Crippen LogP contribution < -0.4 is 11.1 Å². The predicted octanol–water partition coefficient (Wildman–Crippen LogP) is 3.19. The van der Waals surface area contributed by atoms with Crippen LogP contribution in [0, 0.1) is 0 Å². The molecule has 0 aromatic heterocycles. The molecule has 0 saturated carbocycles. The van der Waals surface area contributed by atoms with E-state index in [1.54, 1.807) is 6.07 Å². The van der Waals surface area contributed by atoms with Gasteiger partial charge in [0.05, 0.1) is 0 Å². The molecular weight excluding hydrogens is 297 g/mol. The van der Waals surface area contributed by atoms with Crippen LogP contribution in [0.1, 0.15) is 31.4 Å². The van der Waals surface area contributed by atoms with Crippen LogP contribution in [-0.4, -0.2) is 30.1 Å². The number of urea groups is 1. The Labute approximate surface area is 129 Å². The van der Waals surface area contributed by atoms with Crippen LogP contribution in [0.2, 0.25) is 10.0 Å². The second kappa shape index (κ2) is 6.66. The number of hydrogen-bond donors (Lipinski definition) is 2. The lowest BCUT2D eigenvalue weighted by molar-refractivity contribution is 0.154. The van der Waals surface area contributed by atoms with Gasteiger partial charge < -0.3 is 11.1 Å². The van der Waals surface area contributed by atoms with Gasteiger partial charge in [0.1, 0.15) is 0 Å². The largest absolute Gasteiger partial charge is 0.352 e. The number of carbonyl (C=O) groups is 1. The van der Waals surface area contributed by atoms with E-state index in [1.807, 2.05) is 12.1 Å². The number of halogens is 2. The zero-order chi connectivity index (χ0) is 14.7. The van der Waals surface area contributed by atoms with Gasteiger partial charge in [0, 0.05) is 35.2 Å². The fraction of sp³-hybridized carbons (Fsp3) is 0.500. The highest BCUT2D eigenvalue weighted by Gasteiger charge is 2.25. The molecule has 0 spiro atoms. The Hall–Kier alpha value is -0.970. The number of amides is 2. The van der Waals surface area contributed by atoms with E-state index in [0.717, 1.165) is 36.5 Å². The Morgan fingerprint density at radius 3 is 2.65 bits per heavy atom. The normalized spacial score (nSPS) is 18.8. The van der Waals surface area contributed by atoms with Crippen molar-refractivity contribution in [1.82, 2.24) is 10.2 Å². The number of nitrogens with two attached hydrogens (primary N) is 1. The number of nitrogens with zero attached hydrogens (tertiary/aromatic N) is 1. The van der Waals surface area contributed by atoms with E-state index >= 15 is 0 Å². The van der Waals surface area contributed by atoms with Gasteiger partial charge in [-0.1, -0.05) is 23.2 Å². The van der Waals surface area contributed by atoms with E-state index in [4.69, 9.17) is 28.9 Å². The quantitative estimate of drug-likeness (QED) is 0.900. The zero-order valence-corrected chi connectivity index (χ0v) is 12.9. The van der Waals surface area contributed by atoms with Gasteiger partial charge in [-0.2, -0.15) is 0 Å². The molecule has 1 atom stereocenters. The van der Waals surface area contributed by atoms with Gasteiger partial charge >= 0.3 is 6.03 Å². The van der Waals surface area contributed by atoms with Crippen LogP contribution in [0.5, 0.6) is 0 Å². The highest BCUT2D eigenvalue weighted by molar-refractivity contribution is 6.33. The second-order valence-electron chi connectivity index (χ2n) is 5.16. The maximum absolute atomic E-state index is 10.9. The van der Waals surface area contributed by atoms with Crippen LogP contribution in [0.25, 0.3) is 0 Å². The summed E-state index contributed by atoms with van der Waals surface area (Å²) >= 11 is 12.3. The third kappa shape index (κ3) is 3.78. The van der Waals surface area contributed by atoms with Crippen LogP contribution in [0.15, 0.2) is 18.2 Å². The number of piperidine rings is 1. The highest BCUT2D eigenvalue weighted by Crippen LogP contribution is 2.31. The summed E-state index contributed by atoms with van der Waals surface area (Å²) < 4.78 is 0. The molecule has 20 heavy (non-hydrogen) atoms. The minimum atomic E-state index is -0.450. The summed E-state index contributed by atoms with van der Waals surface area (Å²) in [5.41, 5.74) is 6.19. The monoisotopic (exact) mass is 315 g/mol. The maximum atomic E-state index is 10.9. The Morgan fingerprint density at radius 2 is 2.05 bits per heavy atom. The van der Waals surface area contributed by atoms with Crippen molar-refractivity contribution < 1.29 is 4.79 Å². The Balaban J connectivity index is 1.99. The molecule has 1 aromatic carbocycles. The van der Waals surface area contributed by atoms with Crippen LogP contribution >= 0.6 is 23.2 Å². The van der Waals surface area contributed by atoms with Crippen molar-refractivity contribution in [3.63, 3.8) is 0 Å². The summed E-state index contributed by atoms with van der Waals surface area (Å²) in [5, 5.41) is 4.20. The molecule has 1 saturated heterocycles. The van der Waals surface area contributed by atoms with E-state index in [9.17, 15) is 4.79 Å². The van der Waals surface area contributed by atoms with Crippen molar-refractivity contribution in [2.45, 2.75) is 31.8 Å². The highest BCUT2D eigenvalue weighted by atomic mass is 35.5. The summed E-state index contributed by atoms with van der Waals surface area (Å²) in [5.74, 6) is 0. The van der Waals surface area contributed by atoms with Crippen molar-refractivity contribution in [2.24, 2.45) is 5.73 Å². The summed E-state index contributed by atoms with van der Waals surface area (Å²) in [6, 6.07) is 5.47. The molecule has 3 N–H and O–H groups in total. The molecule has 2 rings (SSSR count). The SMILES string of the molecule is C[C@H](c1cc(Cl)ccc1Cl)N1CCC(NC(N)=O)CC1. The molecule has 6 heteroatoms. The number of benzene rings is 1. The number of rotatable bonds is 3. The first-order chi connectivity index (χ1) is 9.47. The first-order valence-corrected chi connectivity index (χ1v) is 7.48. The van der Waals surface area contributed by atoms with Gasteiger partial charge in [0.2, 0.25) is 0 Å². The molecule has 0 unspecified atom stereocenters. The second-order valence-corrected chi connectivity index (χ2v) is 6.00. The lowest BCUT2D eigenvalue weighted by Crippen LogP contribution is -2.46. The Morgan fingerprint density at radius 1 is 1.40 bits per heavy atom. The summed E-state index contributed by atoms with van der Waals surface area (Å²) in [6.07, 6.45) is 1.79. The number of carbonyl (C=O) groups excluding carboxylic acids is 1. The average molecular weight is 316 g/mol. The van der Waals surface area contributed by atoms with E-state index in [-0.39, 0.29) is 12.1 Å². The van der Waals surface area contributed by atoms with Gasteiger partial charge in [-0.15, -0.1) is 0 Å². The van der Waals surface area contributed by atoms with Gasteiger partial charge in [-0.3, -0.25) is 4.90 Å². The summed E-state index contributed by atoms with van der Waals surface area (Å²) in [4.78, 5) is 13.2. The minimum absolute atomic E-state index is 0.172. The van der Waals surface area contributed by atoms with Gasteiger partial charge in [-0.25, -0.2) is 4.79 Å². The Bertz CT molecular complexity index is 487. The standard InChI is InChI=1S/C14H19Cl2N3O/c1-9(12-8-10(15)2-3-13(12)16)19-6-4-11(5-7-19)18-14(17)20/h2-3,8-9,11H,4-7H2,1H3,(H3,17,18,20)/t9-/m1/s1. The van der Waals surface area contributed by atoms with Crippen molar-refractivity contribution in [3.05, 3.63) is 33.8 Å². The Kier molecular flexibility index (Phi) is 5.13. The zero-order valence-electron chi connectivity index (χ0n) is 11.4. The van der Waals surface area contributed by atoms with E-state index in [2.05, 4.69) is 17.1 Å². The molecule has 1 aromatic rings. The van der Waals surface area contributed by atoms with Crippen molar-refractivity contribution >= 4 is 29.2 Å². The molecule has 1 fully saturated rings. The third-order valence-electron chi connectivity index (χ3n) is 3.83. The van der Waals surface area contributed by atoms with Crippen molar-refractivity contribution in [2.75, 3.05) is 13.1 Å². The minimum Gasteiger partial charge on any atom is -0.352 e. The molecule has 1 aliphatic rings. The molecule has 1 aliphatic heterocycles. The molecule has 1 heterocycles. The van der Waals surface area contributed by atoms with Crippen LogP contribution in [-0.2, 0) is 0 Å². The molecule has 110 valence electrons.